The molecule has 1 aromatic heterocycles. The largest absolute Gasteiger partial charge is 0.305 e. The third-order valence-corrected chi connectivity index (χ3v) is 5.53. The number of hydrogen-bond acceptors (Lipinski definition) is 4. The Balaban J connectivity index is 1.97. The molecule has 0 aliphatic carbocycles. The summed E-state index contributed by atoms with van der Waals surface area (Å²) in [5.41, 5.74) is 1.05. The summed E-state index contributed by atoms with van der Waals surface area (Å²) in [6.07, 6.45) is 1.21. The molecular formula is C14H16ClNO2S2. The van der Waals surface area contributed by atoms with Crippen LogP contribution in [0, 0.1) is 0 Å². The smallest absolute Gasteiger partial charge is 0.175 e. The molecular weight excluding hydrogens is 314 g/mol. The normalized spacial score (nSPS) is 13.3. The zero-order valence-electron chi connectivity index (χ0n) is 11.3. The zero-order chi connectivity index (χ0) is 14.8. The number of hydrogen-bond donors (Lipinski definition) is 1. The molecule has 2 rings (SSSR count). The maximum Gasteiger partial charge on any atom is 0.175 e. The van der Waals surface area contributed by atoms with E-state index in [1.807, 2.05) is 24.3 Å². The highest BCUT2D eigenvalue weighted by atomic mass is 35.5. The Bertz CT molecular complexity index is 677. The summed E-state index contributed by atoms with van der Waals surface area (Å²) in [5.74, 6) is 0. The SMILES string of the molecule is CC(NCc1ccc(S(C)(=O)=O)cc1)c1ccc(Cl)s1. The molecule has 0 saturated carbocycles. The molecule has 0 spiro atoms. The van der Waals surface area contributed by atoms with Gasteiger partial charge >= 0.3 is 0 Å². The number of thiophene rings is 1. The second-order valence-electron chi connectivity index (χ2n) is 4.66. The van der Waals surface area contributed by atoms with E-state index in [-0.39, 0.29) is 6.04 Å². The monoisotopic (exact) mass is 329 g/mol. The van der Waals surface area contributed by atoms with Crippen LogP contribution in [0.25, 0.3) is 0 Å². The van der Waals surface area contributed by atoms with Gasteiger partial charge in [-0.2, -0.15) is 0 Å². The summed E-state index contributed by atoms with van der Waals surface area (Å²) in [4.78, 5) is 1.53. The molecule has 0 saturated heterocycles. The summed E-state index contributed by atoms with van der Waals surface area (Å²) in [5, 5.41) is 3.39. The molecule has 0 radical (unpaired) electrons. The van der Waals surface area contributed by atoms with Gasteiger partial charge in [0.15, 0.2) is 9.84 Å². The van der Waals surface area contributed by atoms with Crippen molar-refractivity contribution in [3.8, 4) is 0 Å². The molecule has 20 heavy (non-hydrogen) atoms. The lowest BCUT2D eigenvalue weighted by molar-refractivity contribution is 0.582. The van der Waals surface area contributed by atoms with Crippen LogP contribution in [0.15, 0.2) is 41.3 Å². The minimum atomic E-state index is -3.12. The number of halogens is 1. The average Bonchev–Trinajstić information content (AvgIpc) is 2.82. The van der Waals surface area contributed by atoms with Crippen LogP contribution >= 0.6 is 22.9 Å². The lowest BCUT2D eigenvalue weighted by Crippen LogP contribution is -2.17. The molecule has 1 heterocycles. The number of nitrogens with one attached hydrogen (secondary N) is 1. The summed E-state index contributed by atoms with van der Waals surface area (Å²) in [6, 6.07) is 11.0. The standard InChI is InChI=1S/C14H16ClNO2S2/c1-10(13-7-8-14(15)19-13)16-9-11-3-5-12(6-4-11)20(2,17)18/h3-8,10,16H,9H2,1-2H3. The maximum absolute atomic E-state index is 11.4. The highest BCUT2D eigenvalue weighted by Gasteiger charge is 2.09. The second kappa shape index (κ2) is 6.26. The fourth-order valence-electron chi connectivity index (χ4n) is 1.79. The van der Waals surface area contributed by atoms with Crippen LogP contribution in [0.3, 0.4) is 0 Å². The fourth-order valence-corrected chi connectivity index (χ4v) is 3.51. The first-order valence-electron chi connectivity index (χ1n) is 6.14. The van der Waals surface area contributed by atoms with Crippen molar-refractivity contribution >= 4 is 32.8 Å². The van der Waals surface area contributed by atoms with Crippen LogP contribution in [0.4, 0.5) is 0 Å². The molecule has 1 atom stereocenters. The molecule has 0 amide bonds. The van der Waals surface area contributed by atoms with E-state index in [4.69, 9.17) is 11.6 Å². The van der Waals surface area contributed by atoms with Crippen LogP contribution in [-0.2, 0) is 16.4 Å². The van der Waals surface area contributed by atoms with Crippen molar-refractivity contribution in [3.05, 3.63) is 51.2 Å². The summed E-state index contributed by atoms with van der Waals surface area (Å²) in [6.45, 7) is 2.76. The Labute approximate surface area is 128 Å². The minimum absolute atomic E-state index is 0.210. The Morgan fingerprint density at radius 2 is 1.85 bits per heavy atom. The number of rotatable bonds is 5. The summed E-state index contributed by atoms with van der Waals surface area (Å²) >= 11 is 7.48. The summed E-state index contributed by atoms with van der Waals surface area (Å²) in [7, 11) is -3.12. The molecule has 2 aromatic rings. The first kappa shape index (κ1) is 15.5. The molecule has 3 nitrogen and oxygen atoms in total. The highest BCUT2D eigenvalue weighted by molar-refractivity contribution is 7.90. The van der Waals surface area contributed by atoms with Gasteiger partial charge < -0.3 is 5.32 Å². The van der Waals surface area contributed by atoms with Gasteiger partial charge in [-0.3, -0.25) is 0 Å². The quantitative estimate of drug-likeness (QED) is 0.910. The van der Waals surface area contributed by atoms with Crippen molar-refractivity contribution in [1.29, 1.82) is 0 Å². The van der Waals surface area contributed by atoms with E-state index in [9.17, 15) is 8.42 Å². The van der Waals surface area contributed by atoms with E-state index in [0.717, 1.165) is 9.90 Å². The third kappa shape index (κ3) is 4.06. The van der Waals surface area contributed by atoms with E-state index in [2.05, 4.69) is 12.2 Å². The molecule has 0 aliphatic heterocycles. The van der Waals surface area contributed by atoms with E-state index in [1.165, 1.54) is 11.1 Å². The Morgan fingerprint density at radius 3 is 2.35 bits per heavy atom. The topological polar surface area (TPSA) is 46.2 Å². The van der Waals surface area contributed by atoms with Gasteiger partial charge in [0.05, 0.1) is 9.23 Å². The van der Waals surface area contributed by atoms with Gasteiger partial charge in [0.25, 0.3) is 0 Å². The van der Waals surface area contributed by atoms with Crippen LogP contribution in [0.5, 0.6) is 0 Å². The van der Waals surface area contributed by atoms with Gasteiger partial charge in [-0.05, 0) is 36.8 Å². The van der Waals surface area contributed by atoms with E-state index >= 15 is 0 Å². The molecule has 1 unspecified atom stereocenters. The van der Waals surface area contributed by atoms with Gasteiger partial charge in [-0.25, -0.2) is 8.42 Å². The molecule has 6 heteroatoms. The van der Waals surface area contributed by atoms with Crippen molar-refractivity contribution in [1.82, 2.24) is 5.32 Å². The summed E-state index contributed by atoms with van der Waals surface area (Å²) < 4.78 is 23.5. The van der Waals surface area contributed by atoms with Crippen LogP contribution in [0.2, 0.25) is 4.34 Å². The van der Waals surface area contributed by atoms with Gasteiger partial charge in [0.1, 0.15) is 0 Å². The van der Waals surface area contributed by atoms with Crippen LogP contribution < -0.4 is 5.32 Å². The second-order valence-corrected chi connectivity index (χ2v) is 8.42. The van der Waals surface area contributed by atoms with Crippen molar-refractivity contribution in [2.75, 3.05) is 6.26 Å². The fraction of sp³-hybridized carbons (Fsp3) is 0.286. The molecule has 1 N–H and O–H groups in total. The maximum atomic E-state index is 11.4. The van der Waals surface area contributed by atoms with E-state index in [0.29, 0.717) is 11.4 Å². The van der Waals surface area contributed by atoms with Crippen LogP contribution in [0.1, 0.15) is 23.4 Å². The number of benzene rings is 1. The van der Waals surface area contributed by atoms with Crippen molar-refractivity contribution < 1.29 is 8.42 Å². The van der Waals surface area contributed by atoms with Crippen molar-refractivity contribution in [2.24, 2.45) is 0 Å². The highest BCUT2D eigenvalue weighted by Crippen LogP contribution is 2.26. The average molecular weight is 330 g/mol. The predicted octanol–water partition coefficient (Wildman–Crippen LogP) is 3.66. The van der Waals surface area contributed by atoms with E-state index in [1.54, 1.807) is 23.5 Å². The lowest BCUT2D eigenvalue weighted by atomic mass is 10.2. The zero-order valence-corrected chi connectivity index (χ0v) is 13.6. The van der Waals surface area contributed by atoms with E-state index < -0.39 is 9.84 Å². The molecule has 0 aliphatic rings. The van der Waals surface area contributed by atoms with Gasteiger partial charge in [-0.15, -0.1) is 11.3 Å². The molecule has 108 valence electrons. The Kier molecular flexibility index (Phi) is 4.86. The predicted molar refractivity (Wildman–Crippen MR) is 84.1 cm³/mol. The van der Waals surface area contributed by atoms with Gasteiger partial charge in [0.2, 0.25) is 0 Å². The molecule has 0 bridgehead atoms. The van der Waals surface area contributed by atoms with Gasteiger partial charge in [-0.1, -0.05) is 23.7 Å². The van der Waals surface area contributed by atoms with Crippen molar-refractivity contribution in [2.45, 2.75) is 24.4 Å². The number of sulfone groups is 1. The molecule has 0 fully saturated rings. The minimum Gasteiger partial charge on any atom is -0.305 e. The van der Waals surface area contributed by atoms with Crippen molar-refractivity contribution in [3.63, 3.8) is 0 Å². The van der Waals surface area contributed by atoms with Gasteiger partial charge in [0, 0.05) is 23.7 Å². The first-order valence-corrected chi connectivity index (χ1v) is 9.22. The Hall–Kier alpha value is -0.880. The lowest BCUT2D eigenvalue weighted by Gasteiger charge is -2.12. The molecule has 1 aromatic carbocycles. The first-order chi connectivity index (χ1) is 9.36. The van der Waals surface area contributed by atoms with Crippen LogP contribution in [-0.4, -0.2) is 14.7 Å². The Morgan fingerprint density at radius 1 is 1.20 bits per heavy atom. The third-order valence-electron chi connectivity index (χ3n) is 2.98.